The number of rotatable bonds is 3. The third kappa shape index (κ3) is 3.41. The number of Topliss-reactive ketones (excluding diaryl/α,β-unsaturated/α-hetero) is 2. The Morgan fingerprint density at radius 3 is 2.09 bits per heavy atom. The van der Waals surface area contributed by atoms with Crippen molar-refractivity contribution in [3.05, 3.63) is 12.2 Å². The van der Waals surface area contributed by atoms with Crippen LogP contribution in [0.2, 0.25) is 0 Å². The Balaban J connectivity index is 1.95. The van der Waals surface area contributed by atoms with Gasteiger partial charge in [0.1, 0.15) is 24.1 Å². The van der Waals surface area contributed by atoms with Gasteiger partial charge in [0.25, 0.3) is 0 Å². The maximum Gasteiger partial charge on any atom is 0.303 e. The molecule has 2 bridgehead atoms. The van der Waals surface area contributed by atoms with Crippen molar-refractivity contribution in [2.75, 3.05) is 0 Å². The molecular weight excluding hydrogens is 456 g/mol. The largest absolute Gasteiger partial charge is 0.462 e. The molecule has 1 N–H and O–H groups in total. The molecule has 4 saturated carbocycles. The van der Waals surface area contributed by atoms with E-state index in [1.54, 1.807) is 20.8 Å². The summed E-state index contributed by atoms with van der Waals surface area (Å²) >= 11 is 0. The topological polar surface area (TPSA) is 133 Å². The van der Waals surface area contributed by atoms with E-state index in [0.717, 1.165) is 0 Å². The maximum absolute atomic E-state index is 13.9. The first-order valence-electron chi connectivity index (χ1n) is 12.0. The van der Waals surface area contributed by atoms with Crippen LogP contribution >= 0.6 is 0 Å². The molecule has 0 amide bonds. The van der Waals surface area contributed by atoms with Gasteiger partial charge in [0.05, 0.1) is 0 Å². The highest BCUT2D eigenvalue weighted by molar-refractivity contribution is 6.06. The summed E-state index contributed by atoms with van der Waals surface area (Å²) in [6.07, 6.45) is -3.95. The van der Waals surface area contributed by atoms with Crippen molar-refractivity contribution in [3.8, 4) is 0 Å². The molecular formula is C26H34O9. The molecule has 4 aliphatic rings. The van der Waals surface area contributed by atoms with Crippen molar-refractivity contribution >= 4 is 29.5 Å². The van der Waals surface area contributed by atoms with Gasteiger partial charge >= 0.3 is 17.9 Å². The minimum absolute atomic E-state index is 0.0782. The van der Waals surface area contributed by atoms with Gasteiger partial charge in [-0.2, -0.15) is 0 Å². The van der Waals surface area contributed by atoms with Gasteiger partial charge in [-0.25, -0.2) is 0 Å². The smallest absolute Gasteiger partial charge is 0.303 e. The molecule has 0 aliphatic heterocycles. The molecule has 9 nitrogen and oxygen atoms in total. The number of fused-ring (bicyclic) bond motifs is 3. The predicted octanol–water partition coefficient (Wildman–Crippen LogP) is 1.93. The third-order valence-corrected chi connectivity index (χ3v) is 9.07. The van der Waals surface area contributed by atoms with Crippen molar-refractivity contribution in [2.24, 2.45) is 34.0 Å². The van der Waals surface area contributed by atoms with E-state index in [1.807, 2.05) is 0 Å². The minimum atomic E-state index is -1.48. The van der Waals surface area contributed by atoms with Crippen LogP contribution in [0, 0.1) is 34.0 Å². The fourth-order valence-corrected chi connectivity index (χ4v) is 8.35. The second kappa shape index (κ2) is 7.98. The summed E-state index contributed by atoms with van der Waals surface area (Å²) in [6, 6.07) is 0. The number of allylic oxidation sites excluding steroid dienone is 1. The highest BCUT2D eigenvalue weighted by Crippen LogP contribution is 2.71. The van der Waals surface area contributed by atoms with Crippen LogP contribution in [-0.4, -0.2) is 59.0 Å². The van der Waals surface area contributed by atoms with Gasteiger partial charge in [-0.3, -0.25) is 24.0 Å². The lowest BCUT2D eigenvalue weighted by Gasteiger charge is -2.66. The molecule has 0 aromatic heterocycles. The van der Waals surface area contributed by atoms with Crippen LogP contribution < -0.4 is 0 Å². The lowest BCUT2D eigenvalue weighted by atomic mass is 9.38. The monoisotopic (exact) mass is 490 g/mol. The Bertz CT molecular complexity index is 1030. The van der Waals surface area contributed by atoms with Crippen LogP contribution in [0.15, 0.2) is 12.2 Å². The molecule has 0 aromatic rings. The molecule has 9 heteroatoms. The van der Waals surface area contributed by atoms with Crippen molar-refractivity contribution in [2.45, 2.75) is 85.2 Å². The van der Waals surface area contributed by atoms with E-state index in [0.29, 0.717) is 18.4 Å². The van der Waals surface area contributed by atoms with E-state index in [1.165, 1.54) is 20.8 Å². The zero-order valence-electron chi connectivity index (χ0n) is 21.1. The lowest BCUT2D eigenvalue weighted by molar-refractivity contribution is -0.277. The summed E-state index contributed by atoms with van der Waals surface area (Å²) in [5, 5.41) is 11.9. The molecule has 4 rings (SSSR count). The number of carbonyl (C=O) groups is 5. The summed E-state index contributed by atoms with van der Waals surface area (Å²) in [4.78, 5) is 63.8. The summed E-state index contributed by atoms with van der Waals surface area (Å²) in [6.45, 7) is 12.8. The van der Waals surface area contributed by atoms with Crippen molar-refractivity contribution < 1.29 is 43.3 Å². The number of ether oxygens (including phenoxy) is 3. The molecule has 192 valence electrons. The van der Waals surface area contributed by atoms with Crippen molar-refractivity contribution in [1.82, 2.24) is 0 Å². The predicted molar refractivity (Wildman–Crippen MR) is 120 cm³/mol. The molecule has 35 heavy (non-hydrogen) atoms. The van der Waals surface area contributed by atoms with E-state index < -0.39 is 70.4 Å². The zero-order chi connectivity index (χ0) is 26.2. The average Bonchev–Trinajstić information content (AvgIpc) is 2.88. The fourth-order valence-electron chi connectivity index (χ4n) is 8.35. The normalized spacial score (nSPS) is 43.6. The highest BCUT2D eigenvalue weighted by atomic mass is 16.6. The molecule has 1 spiro atoms. The number of carbonyl (C=O) groups excluding carboxylic acids is 5. The van der Waals surface area contributed by atoms with E-state index in [-0.39, 0.29) is 23.9 Å². The number of esters is 3. The summed E-state index contributed by atoms with van der Waals surface area (Å²) < 4.78 is 16.9. The highest BCUT2D eigenvalue weighted by Gasteiger charge is 2.77. The Morgan fingerprint density at radius 1 is 0.971 bits per heavy atom. The number of ketones is 2. The Kier molecular flexibility index (Phi) is 5.82. The van der Waals surface area contributed by atoms with Gasteiger partial charge in [0.2, 0.25) is 0 Å². The molecule has 4 fully saturated rings. The first-order chi connectivity index (χ1) is 16.1. The summed E-state index contributed by atoms with van der Waals surface area (Å²) in [7, 11) is 0. The first kappa shape index (κ1) is 25.5. The summed E-state index contributed by atoms with van der Waals surface area (Å²) in [5.41, 5.74) is -3.16. The molecule has 0 saturated heterocycles. The number of aliphatic hydroxyl groups excluding tert-OH is 1. The van der Waals surface area contributed by atoms with Crippen LogP contribution in [0.4, 0.5) is 0 Å². The first-order valence-corrected chi connectivity index (χ1v) is 12.0. The van der Waals surface area contributed by atoms with Gasteiger partial charge in [0.15, 0.2) is 11.9 Å². The standard InChI is InChI=1S/C26H34O9/c1-11-15-8-17(33-12(2)27)20-25(7)19(16(30)10-26(20,9-15)21(11)31)24(5,6)23(35-14(4)29)18(22(25)32)34-13(3)28/h15,17-20,22-23,32H,1,8-10H2,2-7H3/t15-,17+,18+,19-,20+,22?,23+,25?,26+/m1/s1. The SMILES string of the molecule is C=C1C(=O)[C@@]23CC(=O)[C@@H]4C(C)(C)[C@@H](OC(C)=O)[C@@H](OC(C)=O)C(O)C4(C)[C@@H]2[C@@H](OC(C)=O)C[C@@H]1C3. The van der Waals surface area contributed by atoms with Crippen LogP contribution in [0.25, 0.3) is 0 Å². The Morgan fingerprint density at radius 2 is 1.54 bits per heavy atom. The fraction of sp³-hybridized carbons (Fsp3) is 0.731. The van der Waals surface area contributed by atoms with E-state index >= 15 is 0 Å². The number of aliphatic hydroxyl groups is 1. The average molecular weight is 491 g/mol. The second-order valence-electron chi connectivity index (χ2n) is 11.6. The second-order valence-corrected chi connectivity index (χ2v) is 11.6. The van der Waals surface area contributed by atoms with Crippen LogP contribution in [0.1, 0.15) is 60.8 Å². The molecule has 2 unspecified atom stereocenters. The van der Waals surface area contributed by atoms with Crippen molar-refractivity contribution in [3.63, 3.8) is 0 Å². The lowest BCUT2D eigenvalue weighted by Crippen LogP contribution is -2.75. The van der Waals surface area contributed by atoms with Gasteiger partial charge in [-0.15, -0.1) is 0 Å². The van der Waals surface area contributed by atoms with Gasteiger partial charge in [0, 0.05) is 55.3 Å². The third-order valence-electron chi connectivity index (χ3n) is 9.07. The zero-order valence-corrected chi connectivity index (χ0v) is 21.1. The summed E-state index contributed by atoms with van der Waals surface area (Å²) in [5.74, 6) is -4.14. The molecule has 4 aliphatic carbocycles. The Hall–Kier alpha value is -2.55. The van der Waals surface area contributed by atoms with Gasteiger partial charge in [-0.1, -0.05) is 27.4 Å². The van der Waals surface area contributed by atoms with Crippen LogP contribution in [0.3, 0.4) is 0 Å². The maximum atomic E-state index is 13.9. The van der Waals surface area contributed by atoms with E-state index in [4.69, 9.17) is 14.2 Å². The quantitative estimate of drug-likeness (QED) is 0.358. The molecule has 0 aromatic carbocycles. The molecule has 0 heterocycles. The van der Waals surface area contributed by atoms with Crippen LogP contribution in [0.5, 0.6) is 0 Å². The molecule has 0 radical (unpaired) electrons. The minimum Gasteiger partial charge on any atom is -0.462 e. The van der Waals surface area contributed by atoms with Gasteiger partial charge in [-0.05, 0) is 24.3 Å². The van der Waals surface area contributed by atoms with E-state index in [2.05, 4.69) is 6.58 Å². The number of hydrogen-bond acceptors (Lipinski definition) is 9. The van der Waals surface area contributed by atoms with Crippen LogP contribution in [-0.2, 0) is 38.2 Å². The van der Waals surface area contributed by atoms with Crippen molar-refractivity contribution in [1.29, 1.82) is 0 Å². The Labute approximate surface area is 204 Å². The van der Waals surface area contributed by atoms with E-state index in [9.17, 15) is 29.1 Å². The molecule has 9 atom stereocenters. The number of hydrogen-bond donors (Lipinski definition) is 1. The van der Waals surface area contributed by atoms with Gasteiger partial charge < -0.3 is 19.3 Å².